The standard InChI is InChI=1S/C20H30N4O3/c1-14(2)11-23-13-20(10-17(23)25)5-7-22(8-6-20)18(26)12-24-16(4)9-15(3)21-19(24)27/h9,14H,5-8,10-13H2,1-4H3. The maximum atomic E-state index is 12.7. The van der Waals surface area contributed by atoms with E-state index in [1.807, 2.05) is 22.8 Å². The first-order valence-corrected chi connectivity index (χ1v) is 9.80. The van der Waals surface area contributed by atoms with E-state index in [2.05, 4.69) is 18.8 Å². The highest BCUT2D eigenvalue weighted by Crippen LogP contribution is 2.41. The fourth-order valence-corrected chi connectivity index (χ4v) is 4.36. The zero-order chi connectivity index (χ0) is 19.8. The molecule has 1 spiro atoms. The highest BCUT2D eigenvalue weighted by atomic mass is 16.2. The molecule has 27 heavy (non-hydrogen) atoms. The number of rotatable bonds is 4. The van der Waals surface area contributed by atoms with Crippen molar-refractivity contribution in [3.63, 3.8) is 0 Å². The highest BCUT2D eigenvalue weighted by Gasteiger charge is 2.45. The Morgan fingerprint density at radius 3 is 2.48 bits per heavy atom. The van der Waals surface area contributed by atoms with E-state index in [0.29, 0.717) is 31.1 Å². The van der Waals surface area contributed by atoms with Gasteiger partial charge in [-0.1, -0.05) is 13.8 Å². The minimum absolute atomic E-state index is 0.0148. The maximum Gasteiger partial charge on any atom is 0.348 e. The second-order valence-electron chi connectivity index (χ2n) is 8.63. The molecule has 2 fully saturated rings. The molecule has 0 unspecified atom stereocenters. The van der Waals surface area contributed by atoms with Gasteiger partial charge in [0.15, 0.2) is 0 Å². The van der Waals surface area contributed by atoms with Crippen molar-refractivity contribution < 1.29 is 9.59 Å². The average Bonchev–Trinajstić information content (AvgIpc) is 2.86. The lowest BCUT2D eigenvalue weighted by Crippen LogP contribution is -2.46. The second kappa shape index (κ2) is 7.44. The number of aromatic nitrogens is 2. The summed E-state index contributed by atoms with van der Waals surface area (Å²) >= 11 is 0. The Labute approximate surface area is 160 Å². The zero-order valence-electron chi connectivity index (χ0n) is 16.8. The van der Waals surface area contributed by atoms with Gasteiger partial charge >= 0.3 is 5.69 Å². The van der Waals surface area contributed by atoms with Crippen LogP contribution in [-0.2, 0) is 16.1 Å². The SMILES string of the molecule is Cc1cc(C)n(CC(=O)N2CCC3(CC2)CC(=O)N(CC(C)C)C3)c(=O)n1. The molecule has 0 aromatic carbocycles. The summed E-state index contributed by atoms with van der Waals surface area (Å²) < 4.78 is 1.43. The lowest BCUT2D eigenvalue weighted by Gasteiger charge is -2.39. The molecule has 2 saturated heterocycles. The molecule has 0 radical (unpaired) electrons. The Morgan fingerprint density at radius 1 is 1.22 bits per heavy atom. The normalized spacial score (nSPS) is 19.4. The summed E-state index contributed by atoms with van der Waals surface area (Å²) in [5.41, 5.74) is 1.05. The molecular weight excluding hydrogens is 344 g/mol. The van der Waals surface area contributed by atoms with E-state index in [1.165, 1.54) is 4.57 Å². The van der Waals surface area contributed by atoms with Crippen LogP contribution in [0.4, 0.5) is 0 Å². The molecule has 7 heteroatoms. The first-order chi connectivity index (χ1) is 12.7. The van der Waals surface area contributed by atoms with E-state index >= 15 is 0 Å². The maximum absolute atomic E-state index is 12.7. The summed E-state index contributed by atoms with van der Waals surface area (Å²) in [5.74, 6) is 0.663. The van der Waals surface area contributed by atoms with Crippen molar-refractivity contribution in [2.45, 2.75) is 53.5 Å². The molecule has 3 rings (SSSR count). The van der Waals surface area contributed by atoms with Crippen LogP contribution in [-0.4, -0.2) is 57.3 Å². The number of hydrogen-bond donors (Lipinski definition) is 0. The Morgan fingerprint density at radius 2 is 1.89 bits per heavy atom. The molecule has 148 valence electrons. The molecule has 1 aromatic rings. The second-order valence-corrected chi connectivity index (χ2v) is 8.63. The molecule has 0 aliphatic carbocycles. The van der Waals surface area contributed by atoms with Crippen LogP contribution in [0.15, 0.2) is 10.9 Å². The van der Waals surface area contributed by atoms with Gasteiger partial charge in [-0.25, -0.2) is 4.79 Å². The van der Waals surface area contributed by atoms with Crippen LogP contribution >= 0.6 is 0 Å². The van der Waals surface area contributed by atoms with E-state index in [1.54, 1.807) is 6.92 Å². The molecule has 7 nitrogen and oxygen atoms in total. The topological polar surface area (TPSA) is 75.5 Å². The number of hydrogen-bond acceptors (Lipinski definition) is 4. The van der Waals surface area contributed by atoms with E-state index in [9.17, 15) is 14.4 Å². The number of nitrogens with zero attached hydrogens (tertiary/aromatic N) is 4. The number of aryl methyl sites for hydroxylation is 2. The number of likely N-dealkylation sites (tertiary alicyclic amines) is 2. The van der Waals surface area contributed by atoms with Crippen molar-refractivity contribution in [3.05, 3.63) is 27.9 Å². The van der Waals surface area contributed by atoms with Gasteiger partial charge in [-0.05, 0) is 38.7 Å². The molecule has 2 aliphatic rings. The van der Waals surface area contributed by atoms with Gasteiger partial charge in [0.25, 0.3) is 0 Å². The zero-order valence-corrected chi connectivity index (χ0v) is 16.8. The molecule has 0 bridgehead atoms. The predicted molar refractivity (Wildman–Crippen MR) is 102 cm³/mol. The first-order valence-electron chi connectivity index (χ1n) is 9.80. The van der Waals surface area contributed by atoms with Crippen LogP contribution in [0.5, 0.6) is 0 Å². The van der Waals surface area contributed by atoms with Gasteiger partial charge < -0.3 is 9.80 Å². The van der Waals surface area contributed by atoms with Crippen LogP contribution in [0, 0.1) is 25.2 Å². The summed E-state index contributed by atoms with van der Waals surface area (Å²) in [6.07, 6.45) is 2.29. The number of carbonyl (C=O) groups excluding carboxylic acids is 2. The van der Waals surface area contributed by atoms with Crippen molar-refractivity contribution in [3.8, 4) is 0 Å². The molecule has 2 amide bonds. The van der Waals surface area contributed by atoms with Gasteiger partial charge in [0, 0.05) is 49.4 Å². The van der Waals surface area contributed by atoms with Gasteiger partial charge in [-0.2, -0.15) is 4.98 Å². The van der Waals surface area contributed by atoms with Crippen molar-refractivity contribution >= 4 is 11.8 Å². The summed E-state index contributed by atoms with van der Waals surface area (Å²) in [6, 6.07) is 1.81. The van der Waals surface area contributed by atoms with Crippen molar-refractivity contribution in [2.24, 2.45) is 11.3 Å². The Kier molecular flexibility index (Phi) is 5.40. The molecule has 0 saturated carbocycles. The van der Waals surface area contributed by atoms with Crippen LogP contribution in [0.2, 0.25) is 0 Å². The van der Waals surface area contributed by atoms with E-state index in [4.69, 9.17) is 0 Å². The van der Waals surface area contributed by atoms with E-state index in [0.717, 1.165) is 31.6 Å². The molecule has 1 aromatic heterocycles. The monoisotopic (exact) mass is 374 g/mol. The van der Waals surface area contributed by atoms with Crippen molar-refractivity contribution in [1.82, 2.24) is 19.4 Å². The summed E-state index contributed by atoms with van der Waals surface area (Å²) in [7, 11) is 0. The van der Waals surface area contributed by atoms with Crippen molar-refractivity contribution in [1.29, 1.82) is 0 Å². The van der Waals surface area contributed by atoms with Crippen LogP contribution in [0.25, 0.3) is 0 Å². The lowest BCUT2D eigenvalue weighted by atomic mass is 9.77. The third-order valence-corrected chi connectivity index (χ3v) is 5.81. The number of piperidine rings is 1. The smallest absolute Gasteiger partial charge is 0.342 e. The van der Waals surface area contributed by atoms with Gasteiger partial charge in [-0.3, -0.25) is 14.2 Å². The summed E-state index contributed by atoms with van der Waals surface area (Å²) in [5, 5.41) is 0. The number of amides is 2. The summed E-state index contributed by atoms with van der Waals surface area (Å²) in [4.78, 5) is 44.9. The lowest BCUT2D eigenvalue weighted by molar-refractivity contribution is -0.134. The molecule has 0 atom stereocenters. The summed E-state index contributed by atoms with van der Waals surface area (Å²) in [6.45, 7) is 10.8. The minimum Gasteiger partial charge on any atom is -0.342 e. The largest absolute Gasteiger partial charge is 0.348 e. The van der Waals surface area contributed by atoms with Crippen LogP contribution in [0.1, 0.15) is 44.5 Å². The fourth-order valence-electron chi connectivity index (χ4n) is 4.36. The quantitative estimate of drug-likeness (QED) is 0.797. The van der Waals surface area contributed by atoms with Crippen LogP contribution in [0.3, 0.4) is 0 Å². The first kappa shape index (κ1) is 19.6. The van der Waals surface area contributed by atoms with Crippen molar-refractivity contribution in [2.75, 3.05) is 26.2 Å². The van der Waals surface area contributed by atoms with Gasteiger partial charge in [0.2, 0.25) is 11.8 Å². The van der Waals surface area contributed by atoms with Crippen LogP contribution < -0.4 is 5.69 Å². The third-order valence-electron chi connectivity index (χ3n) is 5.81. The third kappa shape index (κ3) is 4.22. The molecular formula is C20H30N4O3. The van der Waals surface area contributed by atoms with E-state index in [-0.39, 0.29) is 29.5 Å². The Hall–Kier alpha value is -2.18. The molecule has 0 N–H and O–H groups in total. The van der Waals surface area contributed by atoms with Gasteiger partial charge in [-0.15, -0.1) is 0 Å². The highest BCUT2D eigenvalue weighted by molar-refractivity contribution is 5.80. The average molecular weight is 374 g/mol. The fraction of sp³-hybridized carbons (Fsp3) is 0.700. The Bertz CT molecular complexity index is 791. The minimum atomic E-state index is -0.375. The van der Waals surface area contributed by atoms with Gasteiger partial charge in [0.05, 0.1) is 0 Å². The van der Waals surface area contributed by atoms with Gasteiger partial charge in [0.1, 0.15) is 6.54 Å². The molecule has 3 heterocycles. The Balaban J connectivity index is 1.60. The molecule has 2 aliphatic heterocycles. The number of carbonyl (C=O) groups is 2. The predicted octanol–water partition coefficient (Wildman–Crippen LogP) is 1.36. The van der Waals surface area contributed by atoms with E-state index < -0.39 is 0 Å².